The number of nitrogens with zero attached hydrogens (tertiary/aromatic N) is 2. The van der Waals surface area contributed by atoms with Crippen LogP contribution in [0, 0.1) is 0 Å². The highest BCUT2D eigenvalue weighted by molar-refractivity contribution is 9.10. The standard InChI is InChI=1S/C14H24BrN3/c1-3-9-18-14(12(15)10-17-18)11-7-5-4-6-8-13(11)16-2/h10-11,13,16H,3-9H2,1-2H3. The third-order valence-electron chi connectivity index (χ3n) is 4.01. The summed E-state index contributed by atoms with van der Waals surface area (Å²) in [4.78, 5) is 0. The minimum absolute atomic E-state index is 0.594. The Morgan fingerprint density at radius 2 is 2.17 bits per heavy atom. The molecule has 1 heterocycles. The molecule has 1 fully saturated rings. The van der Waals surface area contributed by atoms with Crippen LogP contribution in [0.2, 0.25) is 0 Å². The van der Waals surface area contributed by atoms with Gasteiger partial charge in [-0.3, -0.25) is 4.68 Å². The van der Waals surface area contributed by atoms with Gasteiger partial charge in [0.15, 0.2) is 0 Å². The van der Waals surface area contributed by atoms with E-state index in [-0.39, 0.29) is 0 Å². The van der Waals surface area contributed by atoms with Crippen LogP contribution in [-0.4, -0.2) is 22.9 Å². The monoisotopic (exact) mass is 313 g/mol. The maximum atomic E-state index is 4.52. The van der Waals surface area contributed by atoms with E-state index in [0.717, 1.165) is 13.0 Å². The van der Waals surface area contributed by atoms with E-state index in [9.17, 15) is 0 Å². The molecule has 1 aliphatic rings. The third-order valence-corrected chi connectivity index (χ3v) is 4.62. The van der Waals surface area contributed by atoms with Crippen molar-refractivity contribution >= 4 is 15.9 Å². The van der Waals surface area contributed by atoms with Crippen LogP contribution in [0.5, 0.6) is 0 Å². The summed E-state index contributed by atoms with van der Waals surface area (Å²) in [5.41, 5.74) is 1.40. The van der Waals surface area contributed by atoms with Gasteiger partial charge in [0.05, 0.1) is 16.4 Å². The molecule has 0 saturated heterocycles. The van der Waals surface area contributed by atoms with Crippen molar-refractivity contribution < 1.29 is 0 Å². The van der Waals surface area contributed by atoms with E-state index in [1.807, 2.05) is 6.20 Å². The second-order valence-electron chi connectivity index (χ2n) is 5.24. The molecule has 1 aliphatic carbocycles. The predicted octanol–water partition coefficient (Wildman–Crippen LogP) is 3.69. The van der Waals surface area contributed by atoms with Gasteiger partial charge >= 0.3 is 0 Å². The summed E-state index contributed by atoms with van der Waals surface area (Å²) in [6, 6.07) is 0.594. The first kappa shape index (κ1) is 14.1. The Labute approximate surface area is 118 Å². The van der Waals surface area contributed by atoms with Gasteiger partial charge in [0.25, 0.3) is 0 Å². The lowest BCUT2D eigenvalue weighted by Crippen LogP contribution is -2.32. The van der Waals surface area contributed by atoms with Gasteiger partial charge in [-0.2, -0.15) is 5.10 Å². The van der Waals surface area contributed by atoms with Crippen molar-refractivity contribution in [3.63, 3.8) is 0 Å². The van der Waals surface area contributed by atoms with Gasteiger partial charge in [-0.25, -0.2) is 0 Å². The maximum absolute atomic E-state index is 4.52. The van der Waals surface area contributed by atoms with E-state index in [2.05, 4.69) is 45.0 Å². The summed E-state index contributed by atoms with van der Waals surface area (Å²) in [6.07, 6.45) is 9.72. The summed E-state index contributed by atoms with van der Waals surface area (Å²) >= 11 is 3.69. The largest absolute Gasteiger partial charge is 0.316 e. The van der Waals surface area contributed by atoms with Crippen LogP contribution < -0.4 is 5.32 Å². The average molecular weight is 314 g/mol. The SMILES string of the molecule is CCCn1ncc(Br)c1C1CCCCCC1NC. The van der Waals surface area contributed by atoms with Crippen LogP contribution in [0.4, 0.5) is 0 Å². The maximum Gasteiger partial charge on any atom is 0.0635 e. The van der Waals surface area contributed by atoms with Gasteiger partial charge in [0.1, 0.15) is 0 Å². The van der Waals surface area contributed by atoms with Crippen LogP contribution >= 0.6 is 15.9 Å². The van der Waals surface area contributed by atoms with Crippen molar-refractivity contribution in [3.05, 3.63) is 16.4 Å². The molecule has 2 rings (SSSR count). The number of aryl methyl sites for hydroxylation is 1. The molecule has 0 aromatic carbocycles. The molecule has 0 amide bonds. The first-order valence-corrected chi connectivity index (χ1v) is 7.95. The normalized spacial score (nSPS) is 25.1. The number of likely N-dealkylation sites (N-methyl/N-ethyl adjacent to an activating group) is 1. The molecular formula is C14H24BrN3. The van der Waals surface area contributed by atoms with Gasteiger partial charge in [-0.05, 0) is 42.2 Å². The molecule has 1 N–H and O–H groups in total. The first-order chi connectivity index (χ1) is 8.77. The lowest BCUT2D eigenvalue weighted by atomic mass is 9.91. The van der Waals surface area contributed by atoms with E-state index < -0.39 is 0 Å². The highest BCUT2D eigenvalue weighted by Crippen LogP contribution is 2.35. The van der Waals surface area contributed by atoms with Crippen molar-refractivity contribution in [1.82, 2.24) is 15.1 Å². The molecule has 0 bridgehead atoms. The van der Waals surface area contributed by atoms with Crippen molar-refractivity contribution in [2.24, 2.45) is 0 Å². The molecule has 0 aliphatic heterocycles. The van der Waals surface area contributed by atoms with Gasteiger partial charge in [0.2, 0.25) is 0 Å². The Kier molecular flexibility index (Phi) is 5.25. The van der Waals surface area contributed by atoms with Gasteiger partial charge in [0, 0.05) is 18.5 Å². The van der Waals surface area contributed by atoms with Crippen molar-refractivity contribution in [2.45, 2.75) is 64.0 Å². The van der Waals surface area contributed by atoms with E-state index in [4.69, 9.17) is 0 Å². The second kappa shape index (κ2) is 6.71. The summed E-state index contributed by atoms with van der Waals surface area (Å²) < 4.78 is 3.38. The van der Waals surface area contributed by atoms with Crippen LogP contribution in [0.3, 0.4) is 0 Å². The number of rotatable bonds is 4. The van der Waals surface area contributed by atoms with Gasteiger partial charge < -0.3 is 5.32 Å². The highest BCUT2D eigenvalue weighted by atomic mass is 79.9. The number of hydrogen-bond acceptors (Lipinski definition) is 2. The fraction of sp³-hybridized carbons (Fsp3) is 0.786. The highest BCUT2D eigenvalue weighted by Gasteiger charge is 2.28. The molecule has 18 heavy (non-hydrogen) atoms. The van der Waals surface area contributed by atoms with Crippen LogP contribution in [0.1, 0.15) is 57.1 Å². The van der Waals surface area contributed by atoms with Gasteiger partial charge in [-0.15, -0.1) is 0 Å². The molecule has 102 valence electrons. The fourth-order valence-corrected chi connectivity index (χ4v) is 3.70. The molecule has 0 radical (unpaired) electrons. The van der Waals surface area contributed by atoms with E-state index in [0.29, 0.717) is 12.0 Å². The first-order valence-electron chi connectivity index (χ1n) is 7.16. The van der Waals surface area contributed by atoms with Crippen LogP contribution in [0.15, 0.2) is 10.7 Å². The van der Waals surface area contributed by atoms with Crippen LogP contribution in [0.25, 0.3) is 0 Å². The van der Waals surface area contributed by atoms with Crippen LogP contribution in [-0.2, 0) is 6.54 Å². The Morgan fingerprint density at radius 1 is 1.39 bits per heavy atom. The summed E-state index contributed by atoms with van der Waals surface area (Å²) in [6.45, 7) is 3.23. The minimum atomic E-state index is 0.594. The van der Waals surface area contributed by atoms with Crippen molar-refractivity contribution in [2.75, 3.05) is 7.05 Å². The zero-order chi connectivity index (χ0) is 13.0. The molecule has 0 spiro atoms. The topological polar surface area (TPSA) is 29.9 Å². The number of halogens is 1. The molecule has 1 aromatic heterocycles. The van der Waals surface area contributed by atoms with E-state index >= 15 is 0 Å². The number of aromatic nitrogens is 2. The van der Waals surface area contributed by atoms with Crippen molar-refractivity contribution in [1.29, 1.82) is 0 Å². The number of hydrogen-bond donors (Lipinski definition) is 1. The van der Waals surface area contributed by atoms with E-state index in [1.165, 1.54) is 42.3 Å². The molecule has 4 heteroatoms. The lowest BCUT2D eigenvalue weighted by Gasteiger charge is -2.26. The van der Waals surface area contributed by atoms with Crippen molar-refractivity contribution in [3.8, 4) is 0 Å². The molecule has 2 unspecified atom stereocenters. The zero-order valence-corrected chi connectivity index (χ0v) is 13.0. The smallest absolute Gasteiger partial charge is 0.0635 e. The summed E-state index contributed by atoms with van der Waals surface area (Å²) in [5, 5.41) is 8.04. The lowest BCUT2D eigenvalue weighted by molar-refractivity contribution is 0.408. The Bertz CT molecular complexity index is 375. The molecular weight excluding hydrogens is 290 g/mol. The Morgan fingerprint density at radius 3 is 2.89 bits per heavy atom. The average Bonchev–Trinajstić information content (AvgIpc) is 2.61. The fourth-order valence-electron chi connectivity index (χ4n) is 3.11. The van der Waals surface area contributed by atoms with Gasteiger partial charge in [-0.1, -0.05) is 26.2 Å². The Hall–Kier alpha value is -0.350. The van der Waals surface area contributed by atoms with E-state index in [1.54, 1.807) is 0 Å². The molecule has 2 atom stereocenters. The quantitative estimate of drug-likeness (QED) is 0.859. The third kappa shape index (κ3) is 2.97. The predicted molar refractivity (Wildman–Crippen MR) is 78.9 cm³/mol. The number of nitrogens with one attached hydrogen (secondary N) is 1. The molecule has 1 saturated carbocycles. The summed E-state index contributed by atoms with van der Waals surface area (Å²) in [7, 11) is 2.09. The molecule has 1 aromatic rings. The minimum Gasteiger partial charge on any atom is -0.316 e. The summed E-state index contributed by atoms with van der Waals surface area (Å²) in [5.74, 6) is 0.598. The zero-order valence-electron chi connectivity index (χ0n) is 11.5. The Balaban J connectivity index is 2.28. The second-order valence-corrected chi connectivity index (χ2v) is 6.09. The molecule has 3 nitrogen and oxygen atoms in total.